The fourth-order valence-electron chi connectivity index (χ4n) is 2.67. The smallest absolute Gasteiger partial charge is 0.225 e. The summed E-state index contributed by atoms with van der Waals surface area (Å²) < 4.78 is 0. The molecule has 1 aliphatic rings. The number of nitrogens with zero attached hydrogens (tertiary/aromatic N) is 2. The lowest BCUT2D eigenvalue weighted by Gasteiger charge is -2.41. The van der Waals surface area contributed by atoms with Gasteiger partial charge in [-0.15, -0.1) is 0 Å². The van der Waals surface area contributed by atoms with Crippen molar-refractivity contribution in [3.63, 3.8) is 0 Å². The molecule has 3 nitrogen and oxygen atoms in total. The van der Waals surface area contributed by atoms with E-state index in [1.807, 2.05) is 11.9 Å². The molecule has 0 aliphatic carbocycles. The van der Waals surface area contributed by atoms with Crippen LogP contribution < -0.4 is 0 Å². The Morgan fingerprint density at radius 2 is 1.79 bits per heavy atom. The summed E-state index contributed by atoms with van der Waals surface area (Å²) in [6.07, 6.45) is 3.13. The maximum Gasteiger partial charge on any atom is 0.225 e. The van der Waals surface area contributed by atoms with Crippen LogP contribution in [0, 0.1) is 11.8 Å². The zero-order chi connectivity index (χ0) is 14.6. The lowest BCUT2D eigenvalue weighted by Crippen LogP contribution is -2.48. The molecule has 1 amide bonds. The highest BCUT2D eigenvalue weighted by molar-refractivity contribution is 5.78. The third-order valence-corrected chi connectivity index (χ3v) is 4.21. The molecule has 0 atom stereocenters. The molecule has 1 fully saturated rings. The van der Waals surface area contributed by atoms with Crippen molar-refractivity contribution in [3.05, 3.63) is 0 Å². The molecular formula is C16H32N2O. The first-order valence-corrected chi connectivity index (χ1v) is 7.72. The van der Waals surface area contributed by atoms with Gasteiger partial charge in [-0.05, 0) is 59.0 Å². The first kappa shape index (κ1) is 16.5. The van der Waals surface area contributed by atoms with Crippen molar-refractivity contribution in [1.82, 2.24) is 9.80 Å². The molecule has 1 rings (SSSR count). The highest BCUT2D eigenvalue weighted by Gasteiger charge is 2.31. The van der Waals surface area contributed by atoms with Crippen LogP contribution >= 0.6 is 0 Å². The highest BCUT2D eigenvalue weighted by atomic mass is 16.2. The van der Waals surface area contributed by atoms with E-state index >= 15 is 0 Å². The number of amides is 1. The van der Waals surface area contributed by atoms with Gasteiger partial charge in [0.1, 0.15) is 0 Å². The van der Waals surface area contributed by atoms with Crippen molar-refractivity contribution in [2.75, 3.05) is 26.7 Å². The Kier molecular flexibility index (Phi) is 5.84. The summed E-state index contributed by atoms with van der Waals surface area (Å²) >= 11 is 0. The number of hydrogen-bond acceptors (Lipinski definition) is 2. The lowest BCUT2D eigenvalue weighted by molar-refractivity contribution is -0.136. The van der Waals surface area contributed by atoms with Gasteiger partial charge in [0.05, 0.1) is 0 Å². The quantitative estimate of drug-likeness (QED) is 0.782. The van der Waals surface area contributed by atoms with Crippen LogP contribution in [-0.4, -0.2) is 47.9 Å². The Balaban J connectivity index is 2.40. The molecule has 0 aromatic heterocycles. The fraction of sp³-hybridized carbons (Fsp3) is 0.938. The predicted molar refractivity (Wildman–Crippen MR) is 81.1 cm³/mol. The molecule has 0 unspecified atom stereocenters. The SMILES string of the molecule is CC(C)CCN(C)C(=O)C1CCN(C(C)(C)C)CC1. The van der Waals surface area contributed by atoms with Crippen molar-refractivity contribution in [2.24, 2.45) is 11.8 Å². The van der Waals surface area contributed by atoms with Gasteiger partial charge in [-0.25, -0.2) is 0 Å². The number of hydrogen-bond donors (Lipinski definition) is 0. The number of piperidine rings is 1. The second kappa shape index (κ2) is 6.74. The van der Waals surface area contributed by atoms with E-state index in [9.17, 15) is 4.79 Å². The van der Waals surface area contributed by atoms with E-state index in [0.29, 0.717) is 11.8 Å². The van der Waals surface area contributed by atoms with E-state index in [4.69, 9.17) is 0 Å². The third-order valence-electron chi connectivity index (χ3n) is 4.21. The summed E-state index contributed by atoms with van der Waals surface area (Å²) in [5, 5.41) is 0. The molecular weight excluding hydrogens is 236 g/mol. The van der Waals surface area contributed by atoms with Gasteiger partial charge in [0.25, 0.3) is 0 Å². The zero-order valence-corrected chi connectivity index (χ0v) is 13.7. The molecule has 0 spiro atoms. The zero-order valence-electron chi connectivity index (χ0n) is 13.7. The summed E-state index contributed by atoms with van der Waals surface area (Å²) in [4.78, 5) is 16.8. The fourth-order valence-corrected chi connectivity index (χ4v) is 2.67. The second-order valence-electron chi connectivity index (χ2n) is 7.37. The summed E-state index contributed by atoms with van der Waals surface area (Å²) in [5.74, 6) is 1.27. The van der Waals surface area contributed by atoms with Crippen LogP contribution in [0.15, 0.2) is 0 Å². The molecule has 0 radical (unpaired) electrons. The van der Waals surface area contributed by atoms with E-state index in [2.05, 4.69) is 39.5 Å². The topological polar surface area (TPSA) is 23.6 Å². The van der Waals surface area contributed by atoms with Crippen molar-refractivity contribution < 1.29 is 4.79 Å². The molecule has 0 saturated carbocycles. The molecule has 0 aromatic carbocycles. The minimum absolute atomic E-state index is 0.234. The Morgan fingerprint density at radius 1 is 1.26 bits per heavy atom. The maximum atomic E-state index is 12.4. The van der Waals surface area contributed by atoms with E-state index in [1.54, 1.807) is 0 Å². The first-order valence-electron chi connectivity index (χ1n) is 7.72. The van der Waals surface area contributed by atoms with Gasteiger partial charge in [-0.1, -0.05) is 13.8 Å². The number of carbonyl (C=O) groups excluding carboxylic acids is 1. The van der Waals surface area contributed by atoms with Crippen LogP contribution in [0.4, 0.5) is 0 Å². The van der Waals surface area contributed by atoms with Crippen LogP contribution in [0.3, 0.4) is 0 Å². The summed E-state index contributed by atoms with van der Waals surface area (Å²) in [6.45, 7) is 14.2. The van der Waals surface area contributed by atoms with Gasteiger partial charge in [-0.2, -0.15) is 0 Å². The molecule has 1 heterocycles. The highest BCUT2D eigenvalue weighted by Crippen LogP contribution is 2.25. The van der Waals surface area contributed by atoms with Gasteiger partial charge in [0.2, 0.25) is 5.91 Å². The van der Waals surface area contributed by atoms with Crippen LogP contribution in [0.2, 0.25) is 0 Å². The largest absolute Gasteiger partial charge is 0.346 e. The molecule has 0 bridgehead atoms. The predicted octanol–water partition coefficient (Wildman–Crippen LogP) is 3.00. The standard InChI is InChI=1S/C16H32N2O/c1-13(2)7-10-17(6)15(19)14-8-11-18(12-9-14)16(3,4)5/h13-14H,7-12H2,1-6H3. The summed E-state index contributed by atoms with van der Waals surface area (Å²) in [6, 6.07) is 0. The Labute approximate surface area is 119 Å². The normalized spacial score (nSPS) is 18.9. The Hall–Kier alpha value is -0.570. The molecule has 0 aromatic rings. The van der Waals surface area contributed by atoms with Gasteiger partial charge < -0.3 is 4.90 Å². The van der Waals surface area contributed by atoms with Gasteiger partial charge in [0.15, 0.2) is 0 Å². The number of carbonyl (C=O) groups is 1. The molecule has 3 heteroatoms. The third kappa shape index (κ3) is 5.13. The number of likely N-dealkylation sites (tertiary alicyclic amines) is 1. The van der Waals surface area contributed by atoms with Crippen LogP contribution in [0.1, 0.15) is 53.9 Å². The maximum absolute atomic E-state index is 12.4. The minimum atomic E-state index is 0.234. The average molecular weight is 268 g/mol. The first-order chi connectivity index (χ1) is 8.71. The minimum Gasteiger partial charge on any atom is -0.346 e. The number of rotatable bonds is 4. The molecule has 0 N–H and O–H groups in total. The van der Waals surface area contributed by atoms with Gasteiger partial charge in [0, 0.05) is 25.0 Å². The molecule has 1 saturated heterocycles. The van der Waals surface area contributed by atoms with E-state index in [-0.39, 0.29) is 11.5 Å². The van der Waals surface area contributed by atoms with Gasteiger partial charge >= 0.3 is 0 Å². The monoisotopic (exact) mass is 268 g/mol. The second-order valence-corrected chi connectivity index (χ2v) is 7.37. The summed E-state index contributed by atoms with van der Waals surface area (Å²) in [7, 11) is 1.96. The van der Waals surface area contributed by atoms with Crippen LogP contribution in [-0.2, 0) is 4.79 Å². The lowest BCUT2D eigenvalue weighted by atomic mass is 9.92. The van der Waals surface area contributed by atoms with Crippen molar-refractivity contribution in [3.8, 4) is 0 Å². The summed E-state index contributed by atoms with van der Waals surface area (Å²) in [5.41, 5.74) is 0.234. The average Bonchev–Trinajstić information content (AvgIpc) is 2.34. The van der Waals surface area contributed by atoms with Crippen molar-refractivity contribution in [1.29, 1.82) is 0 Å². The molecule has 112 valence electrons. The van der Waals surface area contributed by atoms with E-state index in [1.165, 1.54) is 0 Å². The van der Waals surface area contributed by atoms with Gasteiger partial charge in [-0.3, -0.25) is 9.69 Å². The van der Waals surface area contributed by atoms with Crippen LogP contribution in [0.5, 0.6) is 0 Å². The van der Waals surface area contributed by atoms with Crippen molar-refractivity contribution in [2.45, 2.75) is 59.4 Å². The molecule has 19 heavy (non-hydrogen) atoms. The Morgan fingerprint density at radius 3 is 2.21 bits per heavy atom. The van der Waals surface area contributed by atoms with Crippen LogP contribution in [0.25, 0.3) is 0 Å². The molecule has 1 aliphatic heterocycles. The van der Waals surface area contributed by atoms with E-state index in [0.717, 1.165) is 38.9 Å². The Bertz CT molecular complexity index is 286. The van der Waals surface area contributed by atoms with E-state index < -0.39 is 0 Å². The van der Waals surface area contributed by atoms with Crippen molar-refractivity contribution >= 4 is 5.91 Å².